The summed E-state index contributed by atoms with van der Waals surface area (Å²) in [6, 6.07) is 18.7. The van der Waals surface area contributed by atoms with Crippen LogP contribution in [0.15, 0.2) is 66.9 Å². The number of anilines is 2. The van der Waals surface area contributed by atoms with Gasteiger partial charge < -0.3 is 10.5 Å². The van der Waals surface area contributed by atoms with Crippen LogP contribution < -0.4 is 10.6 Å². The first-order chi connectivity index (χ1) is 15.6. The average Bonchev–Trinajstić information content (AvgIpc) is 3.44. The lowest BCUT2D eigenvalue weighted by molar-refractivity contribution is 0.100. The Balaban J connectivity index is 1.61. The molecule has 160 valence electrons. The molecule has 0 saturated heterocycles. The molecule has 0 unspecified atom stereocenters. The summed E-state index contributed by atoms with van der Waals surface area (Å²) < 4.78 is 5.68. The van der Waals surface area contributed by atoms with E-state index in [-0.39, 0.29) is 6.61 Å². The van der Waals surface area contributed by atoms with Crippen LogP contribution in [0.5, 0.6) is 0 Å². The molecule has 8 heteroatoms. The van der Waals surface area contributed by atoms with Crippen molar-refractivity contribution in [2.45, 2.75) is 19.4 Å². The molecule has 5 rings (SSSR count). The van der Waals surface area contributed by atoms with Crippen molar-refractivity contribution < 1.29 is 14.3 Å². The maximum atomic E-state index is 13.4. The second kappa shape index (κ2) is 8.32. The number of H-pyrrole nitrogens is 1. The van der Waals surface area contributed by atoms with E-state index < -0.39 is 12.0 Å². The molecule has 0 aliphatic heterocycles. The first kappa shape index (κ1) is 20.0. The van der Waals surface area contributed by atoms with Crippen molar-refractivity contribution >= 4 is 34.0 Å². The highest BCUT2D eigenvalue weighted by atomic mass is 32.1. The normalized spacial score (nSPS) is 12.0. The molecule has 2 aromatic heterocycles. The Hall–Kier alpha value is -3.91. The maximum Gasteiger partial charge on any atom is 0.419 e. The third-order valence-corrected chi connectivity index (χ3v) is 6.66. The number of benzene rings is 2. The Morgan fingerprint density at radius 2 is 1.78 bits per heavy atom. The SMILES string of the molecule is NC(=O)c1sc(N(C(=O)OCc2ccccc2)c2ccccc2)c2c1CCc1cn[nH]c1-2. The summed E-state index contributed by atoms with van der Waals surface area (Å²) in [5.41, 5.74) is 10.7. The van der Waals surface area contributed by atoms with E-state index in [9.17, 15) is 9.59 Å². The van der Waals surface area contributed by atoms with Crippen molar-refractivity contribution in [2.75, 3.05) is 4.90 Å². The fraction of sp³-hybridized carbons (Fsp3) is 0.125. The van der Waals surface area contributed by atoms with Crippen LogP contribution in [0, 0.1) is 0 Å². The molecule has 2 amide bonds. The Kier molecular flexibility index (Phi) is 5.20. The van der Waals surface area contributed by atoms with Crippen LogP contribution in [-0.2, 0) is 24.2 Å². The number of carbonyl (C=O) groups is 2. The number of ether oxygens (including phenoxy) is 1. The first-order valence-corrected chi connectivity index (χ1v) is 11.0. The lowest BCUT2D eigenvalue weighted by Gasteiger charge is -2.23. The highest BCUT2D eigenvalue weighted by Gasteiger charge is 2.34. The molecule has 0 saturated carbocycles. The van der Waals surface area contributed by atoms with E-state index in [0.717, 1.165) is 34.4 Å². The number of carbonyl (C=O) groups excluding carboxylic acids is 2. The predicted molar refractivity (Wildman–Crippen MR) is 123 cm³/mol. The van der Waals surface area contributed by atoms with Gasteiger partial charge >= 0.3 is 6.09 Å². The predicted octanol–water partition coefficient (Wildman–Crippen LogP) is 4.81. The van der Waals surface area contributed by atoms with Crippen LogP contribution in [0.2, 0.25) is 0 Å². The monoisotopic (exact) mass is 444 g/mol. The summed E-state index contributed by atoms with van der Waals surface area (Å²) >= 11 is 1.21. The van der Waals surface area contributed by atoms with Crippen molar-refractivity contribution in [3.8, 4) is 11.3 Å². The second-order valence-corrected chi connectivity index (χ2v) is 8.43. The number of aryl methyl sites for hydroxylation is 1. The quantitative estimate of drug-likeness (QED) is 0.461. The molecule has 0 atom stereocenters. The van der Waals surface area contributed by atoms with Gasteiger partial charge in [-0.2, -0.15) is 5.10 Å². The fourth-order valence-corrected chi connectivity index (χ4v) is 5.17. The van der Waals surface area contributed by atoms with E-state index in [0.29, 0.717) is 22.0 Å². The summed E-state index contributed by atoms with van der Waals surface area (Å²) in [7, 11) is 0. The molecule has 0 spiro atoms. The van der Waals surface area contributed by atoms with Gasteiger partial charge in [0, 0.05) is 5.56 Å². The molecular weight excluding hydrogens is 424 g/mol. The molecular formula is C24H20N4O3S. The second-order valence-electron chi connectivity index (χ2n) is 7.44. The number of fused-ring (bicyclic) bond motifs is 3. The minimum Gasteiger partial charge on any atom is -0.444 e. The lowest BCUT2D eigenvalue weighted by Crippen LogP contribution is -2.26. The molecule has 0 fully saturated rings. The van der Waals surface area contributed by atoms with Gasteiger partial charge in [-0.05, 0) is 41.7 Å². The van der Waals surface area contributed by atoms with Gasteiger partial charge in [0.25, 0.3) is 5.91 Å². The van der Waals surface area contributed by atoms with E-state index >= 15 is 0 Å². The summed E-state index contributed by atoms with van der Waals surface area (Å²) in [5, 5.41) is 7.80. The minimum absolute atomic E-state index is 0.133. The summed E-state index contributed by atoms with van der Waals surface area (Å²) in [6.07, 6.45) is 2.65. The summed E-state index contributed by atoms with van der Waals surface area (Å²) in [6.45, 7) is 0.133. The van der Waals surface area contributed by atoms with E-state index in [1.807, 2.05) is 60.7 Å². The van der Waals surface area contributed by atoms with Crippen molar-refractivity contribution in [3.05, 3.63) is 88.4 Å². The van der Waals surface area contributed by atoms with Crippen molar-refractivity contribution in [2.24, 2.45) is 5.73 Å². The molecule has 4 aromatic rings. The van der Waals surface area contributed by atoms with Crippen LogP contribution in [0.3, 0.4) is 0 Å². The van der Waals surface area contributed by atoms with Crippen LogP contribution in [0.4, 0.5) is 15.5 Å². The van der Waals surface area contributed by atoms with Crippen molar-refractivity contribution in [1.82, 2.24) is 10.2 Å². The van der Waals surface area contributed by atoms with Gasteiger partial charge in [-0.15, -0.1) is 11.3 Å². The van der Waals surface area contributed by atoms with Gasteiger partial charge in [-0.25, -0.2) is 9.69 Å². The van der Waals surface area contributed by atoms with Crippen molar-refractivity contribution in [3.63, 3.8) is 0 Å². The molecule has 32 heavy (non-hydrogen) atoms. The van der Waals surface area contributed by atoms with E-state index in [2.05, 4.69) is 10.2 Å². The average molecular weight is 445 g/mol. The third kappa shape index (κ3) is 3.54. The molecule has 7 nitrogen and oxygen atoms in total. The third-order valence-electron chi connectivity index (χ3n) is 5.43. The van der Waals surface area contributed by atoms with E-state index in [1.54, 1.807) is 6.20 Å². The van der Waals surface area contributed by atoms with Gasteiger partial charge in [0.05, 0.1) is 22.5 Å². The van der Waals surface area contributed by atoms with Crippen LogP contribution in [-0.4, -0.2) is 22.2 Å². The Morgan fingerprint density at radius 1 is 1.06 bits per heavy atom. The minimum atomic E-state index is -0.535. The Labute approximate surface area is 188 Å². The van der Waals surface area contributed by atoms with Crippen molar-refractivity contribution in [1.29, 1.82) is 0 Å². The highest BCUT2D eigenvalue weighted by molar-refractivity contribution is 7.19. The molecule has 3 N–H and O–H groups in total. The number of nitrogens with zero attached hydrogens (tertiary/aromatic N) is 2. The molecule has 2 aromatic carbocycles. The van der Waals surface area contributed by atoms with Gasteiger partial charge in [0.2, 0.25) is 0 Å². The number of amides is 2. The number of nitrogens with two attached hydrogens (primary N) is 1. The van der Waals surface area contributed by atoms with Gasteiger partial charge in [0.15, 0.2) is 0 Å². The zero-order chi connectivity index (χ0) is 22.1. The molecule has 1 aliphatic carbocycles. The van der Waals surface area contributed by atoms with Crippen LogP contribution in [0.25, 0.3) is 11.3 Å². The molecule has 0 bridgehead atoms. The zero-order valence-corrected chi connectivity index (χ0v) is 17.9. The Morgan fingerprint density at radius 3 is 2.50 bits per heavy atom. The molecule has 2 heterocycles. The Bertz CT molecular complexity index is 1280. The van der Waals surface area contributed by atoms with Crippen LogP contribution in [0.1, 0.15) is 26.4 Å². The number of para-hydroxylation sites is 1. The summed E-state index contributed by atoms with van der Waals surface area (Å²) in [4.78, 5) is 27.6. The standard InChI is InChI=1S/C24H20N4O3S/c25-22(29)21-18-12-11-16-13-26-27-20(16)19(18)23(32-21)28(17-9-5-2-6-10-17)24(30)31-14-15-7-3-1-4-8-15/h1-10,13H,11-12,14H2,(H2,25,29)(H,26,27). The fourth-order valence-electron chi connectivity index (χ4n) is 3.95. The summed E-state index contributed by atoms with van der Waals surface area (Å²) in [5.74, 6) is -0.508. The number of nitrogens with one attached hydrogen (secondary N) is 1. The number of aromatic nitrogens is 2. The number of hydrogen-bond donors (Lipinski definition) is 2. The van der Waals surface area contributed by atoms with Gasteiger partial charge in [0.1, 0.15) is 11.6 Å². The molecule has 0 radical (unpaired) electrons. The van der Waals surface area contributed by atoms with Gasteiger partial charge in [-0.3, -0.25) is 9.89 Å². The smallest absolute Gasteiger partial charge is 0.419 e. The number of thiophene rings is 1. The zero-order valence-electron chi connectivity index (χ0n) is 17.1. The topological polar surface area (TPSA) is 101 Å². The first-order valence-electron chi connectivity index (χ1n) is 10.2. The van der Waals surface area contributed by atoms with E-state index in [4.69, 9.17) is 10.5 Å². The van der Waals surface area contributed by atoms with Gasteiger partial charge in [-0.1, -0.05) is 48.5 Å². The largest absolute Gasteiger partial charge is 0.444 e. The lowest BCUT2D eigenvalue weighted by atomic mass is 9.91. The highest BCUT2D eigenvalue weighted by Crippen LogP contribution is 2.48. The number of aromatic amines is 1. The maximum absolute atomic E-state index is 13.4. The number of hydrogen-bond acceptors (Lipinski definition) is 5. The number of primary amides is 1. The van der Waals surface area contributed by atoms with E-state index in [1.165, 1.54) is 16.2 Å². The number of rotatable bonds is 5. The molecule has 1 aliphatic rings. The van der Waals surface area contributed by atoms with Crippen LogP contribution >= 0.6 is 11.3 Å².